The van der Waals surface area contributed by atoms with E-state index in [4.69, 9.17) is 21.3 Å². The van der Waals surface area contributed by atoms with Crippen molar-refractivity contribution in [1.82, 2.24) is 0 Å². The molecule has 8 heteroatoms. The van der Waals surface area contributed by atoms with E-state index in [1.807, 2.05) is 0 Å². The van der Waals surface area contributed by atoms with Crippen LogP contribution in [-0.2, 0) is 13.9 Å². The van der Waals surface area contributed by atoms with Crippen molar-refractivity contribution in [3.05, 3.63) is 0 Å². The zero-order valence-corrected chi connectivity index (χ0v) is 8.19. The van der Waals surface area contributed by atoms with Crippen LogP contribution in [0.25, 0.3) is 0 Å². The van der Waals surface area contributed by atoms with Gasteiger partial charge in [-0.2, -0.15) is 0 Å². The second-order valence-corrected chi connectivity index (χ2v) is 4.01. The number of phosphoric ester groups is 1. The lowest BCUT2D eigenvalue weighted by atomic mass is 10.1. The average molecular weight is 212 g/mol. The van der Waals surface area contributed by atoms with Crippen molar-refractivity contribution in [2.75, 3.05) is 0 Å². The first-order valence-electron chi connectivity index (χ1n) is 3.41. The van der Waals surface area contributed by atoms with Gasteiger partial charge < -0.3 is 15.5 Å². The van der Waals surface area contributed by atoms with Gasteiger partial charge in [0.2, 0.25) is 0 Å². The van der Waals surface area contributed by atoms with E-state index in [-0.39, 0.29) is 0 Å². The molecule has 0 rings (SSSR count). The zero-order chi connectivity index (χ0) is 10.9. The van der Waals surface area contributed by atoms with Crippen LogP contribution in [0.4, 0.5) is 0 Å². The Hall–Kier alpha value is -0.300. The van der Waals surface area contributed by atoms with Crippen LogP contribution in [0.5, 0.6) is 0 Å². The fourth-order valence-electron chi connectivity index (χ4n) is 0.744. The van der Waals surface area contributed by atoms with Crippen LogP contribution in [-0.4, -0.2) is 27.3 Å². The minimum Gasteiger partial charge on any atom is -0.322 e. The van der Waals surface area contributed by atoms with E-state index < -0.39 is 25.4 Å². The topological polar surface area (TPSA) is 136 Å². The highest BCUT2D eigenvalue weighted by atomic mass is 31.2. The second-order valence-electron chi connectivity index (χ2n) is 2.84. The van der Waals surface area contributed by atoms with Crippen molar-refractivity contribution in [2.45, 2.75) is 25.6 Å². The van der Waals surface area contributed by atoms with E-state index >= 15 is 0 Å². The molecule has 0 radical (unpaired) electrons. The Balaban J connectivity index is 4.59. The highest BCUT2D eigenvalue weighted by Crippen LogP contribution is 2.39. The van der Waals surface area contributed by atoms with E-state index in [2.05, 4.69) is 4.52 Å². The summed E-state index contributed by atoms with van der Waals surface area (Å²) < 4.78 is 14.4. The van der Waals surface area contributed by atoms with Crippen LogP contribution in [0.15, 0.2) is 0 Å². The number of Topliss-reactive ketones (excluding diaryl/α,β-unsaturated/α-hetero) is 1. The lowest BCUT2D eigenvalue weighted by Crippen LogP contribution is -2.53. The average Bonchev–Trinajstić information content (AvgIpc) is 1.80. The predicted molar refractivity (Wildman–Crippen MR) is 44.4 cm³/mol. The number of ketones is 1. The van der Waals surface area contributed by atoms with Gasteiger partial charge in [-0.25, -0.2) is 4.57 Å². The SMILES string of the molecule is C[C@H](N)C(=O)C(C)(N)OP(=O)(O)O. The number of hydrogen-bond donors (Lipinski definition) is 4. The molecule has 0 saturated carbocycles. The summed E-state index contributed by atoms with van der Waals surface area (Å²) >= 11 is 0. The summed E-state index contributed by atoms with van der Waals surface area (Å²) in [6.45, 7) is 2.38. The van der Waals surface area contributed by atoms with Gasteiger partial charge in [0.15, 0.2) is 11.5 Å². The summed E-state index contributed by atoms with van der Waals surface area (Å²) in [5.74, 6) is -0.782. The Labute approximate surface area is 75.3 Å². The third kappa shape index (κ3) is 4.47. The van der Waals surface area contributed by atoms with Gasteiger partial charge in [0.25, 0.3) is 0 Å². The molecule has 0 aromatic rings. The lowest BCUT2D eigenvalue weighted by Gasteiger charge is -2.24. The Bertz CT molecular complexity index is 245. The summed E-state index contributed by atoms with van der Waals surface area (Å²) in [6.07, 6.45) is 0. The van der Waals surface area contributed by atoms with E-state index in [1.54, 1.807) is 0 Å². The summed E-state index contributed by atoms with van der Waals surface area (Å²) in [5, 5.41) is 0. The van der Waals surface area contributed by atoms with Crippen LogP contribution in [0.1, 0.15) is 13.8 Å². The largest absolute Gasteiger partial charge is 0.471 e. The molecule has 0 heterocycles. The van der Waals surface area contributed by atoms with Gasteiger partial charge in [-0.15, -0.1) is 0 Å². The Morgan fingerprint density at radius 2 is 2.00 bits per heavy atom. The van der Waals surface area contributed by atoms with Crippen molar-refractivity contribution in [2.24, 2.45) is 11.5 Å². The highest BCUT2D eigenvalue weighted by Gasteiger charge is 2.37. The highest BCUT2D eigenvalue weighted by molar-refractivity contribution is 7.46. The molecular weight excluding hydrogens is 199 g/mol. The van der Waals surface area contributed by atoms with Gasteiger partial charge in [-0.3, -0.25) is 15.1 Å². The maximum absolute atomic E-state index is 11.1. The van der Waals surface area contributed by atoms with E-state index in [0.717, 1.165) is 6.92 Å². The maximum atomic E-state index is 11.1. The van der Waals surface area contributed by atoms with Crippen molar-refractivity contribution < 1.29 is 23.7 Å². The monoisotopic (exact) mass is 212 g/mol. The molecule has 0 aliphatic heterocycles. The Kier molecular flexibility index (Phi) is 3.74. The van der Waals surface area contributed by atoms with E-state index in [0.29, 0.717) is 0 Å². The van der Waals surface area contributed by atoms with Gasteiger partial charge in [-0.1, -0.05) is 0 Å². The third-order valence-electron chi connectivity index (χ3n) is 1.21. The summed E-state index contributed by atoms with van der Waals surface area (Å²) in [7, 11) is -4.78. The zero-order valence-electron chi connectivity index (χ0n) is 7.30. The number of hydrogen-bond acceptors (Lipinski definition) is 5. The molecule has 1 unspecified atom stereocenters. The van der Waals surface area contributed by atoms with Gasteiger partial charge in [0.05, 0.1) is 6.04 Å². The van der Waals surface area contributed by atoms with Crippen LogP contribution < -0.4 is 11.5 Å². The van der Waals surface area contributed by atoms with Gasteiger partial charge in [0.1, 0.15) is 0 Å². The summed E-state index contributed by atoms with van der Waals surface area (Å²) in [4.78, 5) is 27.9. The summed E-state index contributed by atoms with van der Waals surface area (Å²) in [5.41, 5.74) is 8.32. The van der Waals surface area contributed by atoms with Crippen molar-refractivity contribution in [1.29, 1.82) is 0 Å². The number of rotatable bonds is 4. The molecule has 6 N–H and O–H groups in total. The quantitative estimate of drug-likeness (QED) is 0.335. The van der Waals surface area contributed by atoms with Crippen LogP contribution in [0, 0.1) is 0 Å². The van der Waals surface area contributed by atoms with Gasteiger partial charge >= 0.3 is 7.82 Å². The van der Waals surface area contributed by atoms with E-state index in [1.165, 1.54) is 6.92 Å². The van der Waals surface area contributed by atoms with Crippen LogP contribution >= 0.6 is 7.82 Å². The fourth-order valence-corrected chi connectivity index (χ4v) is 1.33. The maximum Gasteiger partial charge on any atom is 0.471 e. The Morgan fingerprint density at radius 3 is 2.23 bits per heavy atom. The number of phosphoric acid groups is 1. The molecule has 78 valence electrons. The van der Waals surface area contributed by atoms with Crippen molar-refractivity contribution in [3.8, 4) is 0 Å². The molecule has 0 aliphatic rings. The Morgan fingerprint density at radius 1 is 1.62 bits per heavy atom. The first-order chi connectivity index (χ1) is 5.56. The molecule has 2 atom stereocenters. The minimum absolute atomic E-state index is 0.782. The molecule has 13 heavy (non-hydrogen) atoms. The molecule has 0 fully saturated rings. The van der Waals surface area contributed by atoms with Crippen molar-refractivity contribution in [3.63, 3.8) is 0 Å². The normalized spacial score (nSPS) is 19.2. The number of nitrogens with two attached hydrogens (primary N) is 2. The lowest BCUT2D eigenvalue weighted by molar-refractivity contribution is -0.135. The molecule has 0 bridgehead atoms. The first-order valence-corrected chi connectivity index (χ1v) is 4.94. The predicted octanol–water partition coefficient (Wildman–Crippen LogP) is -1.31. The third-order valence-corrected chi connectivity index (χ3v) is 1.83. The molecule has 7 nitrogen and oxygen atoms in total. The fraction of sp³-hybridized carbons (Fsp3) is 0.800. The smallest absolute Gasteiger partial charge is 0.322 e. The summed E-state index contributed by atoms with van der Waals surface area (Å²) in [6, 6.07) is -0.943. The molecular formula is C5H13N2O5P. The molecule has 0 amide bonds. The first kappa shape index (κ1) is 12.7. The van der Waals surface area contributed by atoms with Crippen LogP contribution in [0.3, 0.4) is 0 Å². The second kappa shape index (κ2) is 3.83. The molecule has 0 spiro atoms. The van der Waals surface area contributed by atoms with Gasteiger partial charge in [0, 0.05) is 0 Å². The van der Waals surface area contributed by atoms with Crippen molar-refractivity contribution >= 4 is 13.6 Å². The minimum atomic E-state index is -4.78. The molecule has 0 aromatic heterocycles. The van der Waals surface area contributed by atoms with Gasteiger partial charge in [-0.05, 0) is 13.8 Å². The molecule has 0 saturated heterocycles. The standard InChI is InChI=1S/C5H13N2O5P/c1-3(6)4(8)5(2,7)12-13(9,10)11/h3H,6-7H2,1-2H3,(H2,9,10,11)/t3-,5?/m0/s1. The number of carbonyl (C=O) groups is 1. The molecule has 0 aromatic carbocycles. The number of carbonyl (C=O) groups excluding carboxylic acids is 1. The van der Waals surface area contributed by atoms with Crippen LogP contribution in [0.2, 0.25) is 0 Å². The molecule has 0 aliphatic carbocycles. The van der Waals surface area contributed by atoms with E-state index in [9.17, 15) is 9.36 Å².